The first-order valence-corrected chi connectivity index (χ1v) is 8.57. The summed E-state index contributed by atoms with van der Waals surface area (Å²) in [6, 6.07) is -0.690. The van der Waals surface area contributed by atoms with E-state index in [-0.39, 0.29) is 23.8 Å². The topological polar surface area (TPSA) is 106 Å². The molecule has 1 amide bonds. The third-order valence-corrected chi connectivity index (χ3v) is 4.44. The number of amides is 1. The number of carbonyl (C=O) groups is 2. The van der Waals surface area contributed by atoms with Crippen molar-refractivity contribution in [3.8, 4) is 0 Å². The summed E-state index contributed by atoms with van der Waals surface area (Å²) >= 11 is 0. The van der Waals surface area contributed by atoms with Gasteiger partial charge in [-0.15, -0.1) is 0 Å². The van der Waals surface area contributed by atoms with Gasteiger partial charge in [0.15, 0.2) is 5.65 Å². The fourth-order valence-corrected chi connectivity index (χ4v) is 3.14. The van der Waals surface area contributed by atoms with Gasteiger partial charge in [0.2, 0.25) is 5.91 Å². The van der Waals surface area contributed by atoms with Gasteiger partial charge in [-0.05, 0) is 37.3 Å². The lowest BCUT2D eigenvalue weighted by molar-refractivity contribution is -0.145. The van der Waals surface area contributed by atoms with Crippen LogP contribution in [0.3, 0.4) is 0 Å². The Morgan fingerprint density at radius 2 is 1.96 bits per heavy atom. The van der Waals surface area contributed by atoms with Crippen molar-refractivity contribution in [2.45, 2.75) is 46.6 Å². The van der Waals surface area contributed by atoms with E-state index in [1.807, 2.05) is 13.8 Å². The standard InChI is InChI=1S/C18H26N4O4/c1-9(2)7-13(18(25)26-6)20-14(23)8-12-10(3)15-16(19-11(12)4)22(5)21-17(15)24/h9,13H,7-8H2,1-6H3,(H,20,23)(H,21,24)/t13-/m0/s1. The summed E-state index contributed by atoms with van der Waals surface area (Å²) in [5.74, 6) is -0.543. The van der Waals surface area contributed by atoms with Crippen LogP contribution in [-0.4, -0.2) is 39.8 Å². The maximum atomic E-state index is 12.5. The average molecular weight is 362 g/mol. The number of aromatic amines is 1. The molecule has 0 aromatic carbocycles. The van der Waals surface area contributed by atoms with Crippen molar-refractivity contribution in [2.24, 2.45) is 13.0 Å². The Morgan fingerprint density at radius 1 is 1.31 bits per heavy atom. The molecule has 2 heterocycles. The molecule has 2 N–H and O–H groups in total. The van der Waals surface area contributed by atoms with Gasteiger partial charge in [-0.3, -0.25) is 19.4 Å². The maximum Gasteiger partial charge on any atom is 0.328 e. The van der Waals surface area contributed by atoms with E-state index in [4.69, 9.17) is 4.74 Å². The molecule has 0 spiro atoms. The number of nitrogens with zero attached hydrogens (tertiary/aromatic N) is 2. The Morgan fingerprint density at radius 3 is 2.54 bits per heavy atom. The van der Waals surface area contributed by atoms with E-state index in [1.165, 1.54) is 7.11 Å². The van der Waals surface area contributed by atoms with Crippen LogP contribution in [0.25, 0.3) is 11.0 Å². The predicted octanol–water partition coefficient (Wildman–Crippen LogP) is 1.12. The number of rotatable bonds is 6. The first kappa shape index (κ1) is 19.7. The third-order valence-electron chi connectivity index (χ3n) is 4.44. The quantitative estimate of drug-likeness (QED) is 0.749. The molecule has 1 atom stereocenters. The number of aryl methyl sites for hydroxylation is 3. The van der Waals surface area contributed by atoms with E-state index in [9.17, 15) is 14.4 Å². The summed E-state index contributed by atoms with van der Waals surface area (Å²) in [6.07, 6.45) is 0.534. The molecule has 0 aliphatic carbocycles. The molecular weight excluding hydrogens is 336 g/mol. The highest BCUT2D eigenvalue weighted by molar-refractivity contribution is 5.87. The molecule has 2 rings (SSSR count). The highest BCUT2D eigenvalue weighted by Crippen LogP contribution is 2.20. The van der Waals surface area contributed by atoms with E-state index in [0.717, 1.165) is 5.56 Å². The lowest BCUT2D eigenvalue weighted by Crippen LogP contribution is -2.43. The monoisotopic (exact) mass is 362 g/mol. The molecule has 0 bridgehead atoms. The Hall–Kier alpha value is -2.64. The number of H-pyrrole nitrogens is 1. The van der Waals surface area contributed by atoms with E-state index < -0.39 is 12.0 Å². The number of fused-ring (bicyclic) bond motifs is 1. The number of esters is 1. The fourth-order valence-electron chi connectivity index (χ4n) is 3.14. The van der Waals surface area contributed by atoms with Crippen LogP contribution < -0.4 is 10.9 Å². The first-order valence-electron chi connectivity index (χ1n) is 8.57. The first-order chi connectivity index (χ1) is 12.1. The highest BCUT2D eigenvalue weighted by Gasteiger charge is 2.24. The molecule has 0 aliphatic rings. The number of pyridine rings is 1. The number of methoxy groups -OCH3 is 1. The molecule has 8 heteroatoms. The average Bonchev–Trinajstić information content (AvgIpc) is 2.83. The molecule has 0 fully saturated rings. The molecular formula is C18H26N4O4. The normalized spacial score (nSPS) is 12.4. The highest BCUT2D eigenvalue weighted by atomic mass is 16.5. The van der Waals surface area contributed by atoms with Gasteiger partial charge in [-0.25, -0.2) is 9.78 Å². The summed E-state index contributed by atoms with van der Waals surface area (Å²) in [7, 11) is 3.02. The van der Waals surface area contributed by atoms with Crippen LogP contribution in [-0.2, 0) is 27.8 Å². The molecule has 2 aromatic heterocycles. The van der Waals surface area contributed by atoms with Crippen LogP contribution in [0.15, 0.2) is 4.79 Å². The van der Waals surface area contributed by atoms with Crippen LogP contribution in [0.4, 0.5) is 0 Å². The Bertz CT molecular complexity index is 895. The predicted molar refractivity (Wildman–Crippen MR) is 97.9 cm³/mol. The lowest BCUT2D eigenvalue weighted by atomic mass is 10.0. The maximum absolute atomic E-state index is 12.5. The Kier molecular flexibility index (Phi) is 5.84. The number of hydrogen-bond donors (Lipinski definition) is 2. The zero-order valence-electron chi connectivity index (χ0n) is 16.1. The summed E-state index contributed by atoms with van der Waals surface area (Å²) in [5.41, 5.74) is 2.42. The molecule has 0 saturated heterocycles. The van der Waals surface area contributed by atoms with Crippen molar-refractivity contribution in [3.63, 3.8) is 0 Å². The second-order valence-corrected chi connectivity index (χ2v) is 6.95. The van der Waals surface area contributed by atoms with Crippen LogP contribution in [0.5, 0.6) is 0 Å². The molecule has 0 saturated carbocycles. The largest absolute Gasteiger partial charge is 0.467 e. The number of hydrogen-bond acceptors (Lipinski definition) is 5. The molecule has 0 aliphatic heterocycles. The second kappa shape index (κ2) is 7.72. The molecule has 0 radical (unpaired) electrons. The van der Waals surface area contributed by atoms with Gasteiger partial charge in [0.25, 0.3) is 5.56 Å². The second-order valence-electron chi connectivity index (χ2n) is 6.95. The molecule has 2 aromatic rings. The van der Waals surface area contributed by atoms with E-state index in [2.05, 4.69) is 15.4 Å². The van der Waals surface area contributed by atoms with Crippen LogP contribution in [0, 0.1) is 19.8 Å². The Balaban J connectivity index is 2.29. The van der Waals surface area contributed by atoms with Gasteiger partial charge in [0, 0.05) is 12.7 Å². The minimum atomic E-state index is -0.690. The summed E-state index contributed by atoms with van der Waals surface area (Å²) in [6.45, 7) is 7.55. The SMILES string of the molecule is COC(=O)[C@H](CC(C)C)NC(=O)Cc1c(C)nc2c(c1C)c(=O)[nH]n2C. The summed E-state index contributed by atoms with van der Waals surface area (Å²) in [5, 5.41) is 5.89. The Labute approximate surface area is 151 Å². The zero-order valence-corrected chi connectivity index (χ0v) is 16.1. The number of aromatic nitrogens is 3. The number of ether oxygens (including phenoxy) is 1. The van der Waals surface area contributed by atoms with Gasteiger partial charge >= 0.3 is 5.97 Å². The van der Waals surface area contributed by atoms with Crippen molar-refractivity contribution in [3.05, 3.63) is 27.2 Å². The smallest absolute Gasteiger partial charge is 0.328 e. The van der Waals surface area contributed by atoms with Crippen LogP contribution in [0.2, 0.25) is 0 Å². The number of nitrogens with one attached hydrogen (secondary N) is 2. The lowest BCUT2D eigenvalue weighted by Gasteiger charge is -2.19. The van der Waals surface area contributed by atoms with Crippen LogP contribution in [0.1, 0.15) is 37.1 Å². The molecule has 0 unspecified atom stereocenters. The van der Waals surface area contributed by atoms with Crippen molar-refractivity contribution in [2.75, 3.05) is 7.11 Å². The van der Waals surface area contributed by atoms with Crippen molar-refractivity contribution in [1.82, 2.24) is 20.1 Å². The third kappa shape index (κ3) is 3.95. The summed E-state index contributed by atoms with van der Waals surface area (Å²) < 4.78 is 6.34. The minimum Gasteiger partial charge on any atom is -0.467 e. The van der Waals surface area contributed by atoms with Gasteiger partial charge < -0.3 is 10.1 Å². The molecule has 8 nitrogen and oxygen atoms in total. The molecule has 26 heavy (non-hydrogen) atoms. The van der Waals surface area contributed by atoms with E-state index >= 15 is 0 Å². The van der Waals surface area contributed by atoms with Gasteiger partial charge in [0.1, 0.15) is 6.04 Å². The van der Waals surface area contributed by atoms with E-state index in [1.54, 1.807) is 25.6 Å². The fraction of sp³-hybridized carbons (Fsp3) is 0.556. The van der Waals surface area contributed by atoms with Crippen molar-refractivity contribution >= 4 is 22.9 Å². The number of carbonyl (C=O) groups excluding carboxylic acids is 2. The van der Waals surface area contributed by atoms with Gasteiger partial charge in [0.05, 0.1) is 18.9 Å². The molecule has 142 valence electrons. The van der Waals surface area contributed by atoms with Gasteiger partial charge in [-0.2, -0.15) is 0 Å². The summed E-state index contributed by atoms with van der Waals surface area (Å²) in [4.78, 5) is 41.0. The van der Waals surface area contributed by atoms with E-state index in [0.29, 0.717) is 28.7 Å². The zero-order chi connectivity index (χ0) is 19.6. The van der Waals surface area contributed by atoms with Crippen LogP contribution >= 0.6 is 0 Å². The minimum absolute atomic E-state index is 0.0422. The van der Waals surface area contributed by atoms with Gasteiger partial charge in [-0.1, -0.05) is 13.8 Å². The van der Waals surface area contributed by atoms with Crippen molar-refractivity contribution in [1.29, 1.82) is 0 Å². The van der Waals surface area contributed by atoms with Crippen molar-refractivity contribution < 1.29 is 14.3 Å².